The van der Waals surface area contributed by atoms with Gasteiger partial charge in [0.25, 0.3) is 0 Å². The van der Waals surface area contributed by atoms with Crippen LogP contribution in [0.3, 0.4) is 0 Å². The summed E-state index contributed by atoms with van der Waals surface area (Å²) in [6.07, 6.45) is 6.24. The summed E-state index contributed by atoms with van der Waals surface area (Å²) in [5.41, 5.74) is 7.39. The lowest BCUT2D eigenvalue weighted by molar-refractivity contribution is -0.0597. The number of nitrogens with two attached hydrogens (primary N) is 1. The number of hydrogen-bond donors (Lipinski definition) is 1. The van der Waals surface area contributed by atoms with Crippen LogP contribution in [-0.4, -0.2) is 47.8 Å². The van der Waals surface area contributed by atoms with Gasteiger partial charge in [-0.3, -0.25) is 9.88 Å². The Labute approximate surface area is 126 Å². The van der Waals surface area contributed by atoms with Gasteiger partial charge in [-0.15, -0.1) is 0 Å². The van der Waals surface area contributed by atoms with E-state index in [-0.39, 0.29) is 18.2 Å². The molecule has 1 aromatic heterocycles. The molecule has 2 aliphatic rings. The number of nitrogens with zero attached hydrogens (tertiary/aromatic N) is 2. The second-order valence-electron chi connectivity index (χ2n) is 6.31. The van der Waals surface area contributed by atoms with Crippen LogP contribution in [-0.2, 0) is 4.74 Å². The van der Waals surface area contributed by atoms with Gasteiger partial charge in [0.15, 0.2) is 0 Å². The number of rotatable bonds is 4. The number of pyridine rings is 1. The van der Waals surface area contributed by atoms with Crippen molar-refractivity contribution < 1.29 is 9.47 Å². The standard InChI is InChI=1S/C16H25N3O2/c1-11(2)21-14-6-12(7-18-8-14)16(17)15-9-19-5-3-4-13(19)10-20-15/h6-8,11,13,15-16H,3-5,9-10,17H2,1-2H3. The molecule has 3 rings (SSSR count). The van der Waals surface area contributed by atoms with E-state index in [0.717, 1.165) is 24.5 Å². The lowest BCUT2D eigenvalue weighted by Gasteiger charge is -2.37. The predicted octanol–water partition coefficient (Wildman–Crippen LogP) is 1.73. The van der Waals surface area contributed by atoms with Gasteiger partial charge in [-0.2, -0.15) is 0 Å². The predicted molar refractivity (Wildman–Crippen MR) is 81.3 cm³/mol. The monoisotopic (exact) mass is 291 g/mol. The van der Waals surface area contributed by atoms with Crippen molar-refractivity contribution in [3.05, 3.63) is 24.0 Å². The van der Waals surface area contributed by atoms with Crippen LogP contribution in [0, 0.1) is 0 Å². The van der Waals surface area contributed by atoms with E-state index in [4.69, 9.17) is 15.2 Å². The van der Waals surface area contributed by atoms with Crippen molar-refractivity contribution in [2.75, 3.05) is 19.7 Å². The fraction of sp³-hybridized carbons (Fsp3) is 0.688. The number of fused-ring (bicyclic) bond motifs is 1. The quantitative estimate of drug-likeness (QED) is 0.915. The fourth-order valence-electron chi connectivity index (χ4n) is 3.23. The molecule has 0 saturated carbocycles. The molecule has 5 heteroatoms. The zero-order chi connectivity index (χ0) is 14.8. The first-order valence-electron chi connectivity index (χ1n) is 7.86. The molecule has 5 nitrogen and oxygen atoms in total. The van der Waals surface area contributed by atoms with Crippen LogP contribution < -0.4 is 10.5 Å². The van der Waals surface area contributed by atoms with Gasteiger partial charge in [0.1, 0.15) is 5.75 Å². The van der Waals surface area contributed by atoms with E-state index >= 15 is 0 Å². The molecule has 2 saturated heterocycles. The van der Waals surface area contributed by atoms with Crippen molar-refractivity contribution in [3.8, 4) is 5.75 Å². The first-order valence-corrected chi connectivity index (χ1v) is 7.86. The number of aromatic nitrogens is 1. The summed E-state index contributed by atoms with van der Waals surface area (Å²) < 4.78 is 11.7. The molecule has 0 spiro atoms. The van der Waals surface area contributed by atoms with Crippen LogP contribution in [0.15, 0.2) is 18.5 Å². The molecule has 2 fully saturated rings. The Hall–Kier alpha value is -1.17. The van der Waals surface area contributed by atoms with Crippen LogP contribution in [0.5, 0.6) is 5.75 Å². The minimum Gasteiger partial charge on any atom is -0.489 e. The van der Waals surface area contributed by atoms with Crippen LogP contribution in [0.25, 0.3) is 0 Å². The Morgan fingerprint density at radius 2 is 2.29 bits per heavy atom. The summed E-state index contributed by atoms with van der Waals surface area (Å²) in [5, 5.41) is 0. The summed E-state index contributed by atoms with van der Waals surface area (Å²) in [6, 6.07) is 2.42. The summed E-state index contributed by atoms with van der Waals surface area (Å²) in [6.45, 7) is 6.90. The molecule has 0 amide bonds. The molecule has 3 atom stereocenters. The Morgan fingerprint density at radius 3 is 3.10 bits per heavy atom. The van der Waals surface area contributed by atoms with E-state index < -0.39 is 0 Å². The van der Waals surface area contributed by atoms with E-state index in [1.54, 1.807) is 6.20 Å². The average molecular weight is 291 g/mol. The third-order valence-corrected chi connectivity index (χ3v) is 4.31. The first kappa shape index (κ1) is 14.8. The lowest BCUT2D eigenvalue weighted by atomic mass is 10.0. The molecule has 3 unspecified atom stereocenters. The lowest BCUT2D eigenvalue weighted by Crippen LogP contribution is -2.49. The zero-order valence-electron chi connectivity index (χ0n) is 12.9. The highest BCUT2D eigenvalue weighted by atomic mass is 16.5. The summed E-state index contributed by atoms with van der Waals surface area (Å²) in [5.74, 6) is 0.771. The number of hydrogen-bond acceptors (Lipinski definition) is 5. The molecular formula is C16H25N3O2. The maximum Gasteiger partial charge on any atom is 0.138 e. The summed E-state index contributed by atoms with van der Waals surface area (Å²) in [4.78, 5) is 6.76. The van der Waals surface area contributed by atoms with Crippen LogP contribution in [0.2, 0.25) is 0 Å². The summed E-state index contributed by atoms with van der Waals surface area (Å²) >= 11 is 0. The van der Waals surface area contributed by atoms with E-state index in [2.05, 4.69) is 9.88 Å². The van der Waals surface area contributed by atoms with Crippen molar-refractivity contribution in [1.82, 2.24) is 9.88 Å². The molecule has 0 radical (unpaired) electrons. The van der Waals surface area contributed by atoms with Crippen molar-refractivity contribution in [2.45, 2.75) is 51.0 Å². The van der Waals surface area contributed by atoms with E-state index in [0.29, 0.717) is 6.04 Å². The van der Waals surface area contributed by atoms with Crippen molar-refractivity contribution >= 4 is 0 Å². The molecule has 0 aromatic carbocycles. The molecule has 2 aliphatic heterocycles. The largest absolute Gasteiger partial charge is 0.489 e. The molecule has 2 N–H and O–H groups in total. The number of ether oxygens (including phenoxy) is 2. The second kappa shape index (κ2) is 6.30. The third kappa shape index (κ3) is 3.36. The highest BCUT2D eigenvalue weighted by Gasteiger charge is 2.35. The minimum absolute atomic E-state index is 0.0375. The van der Waals surface area contributed by atoms with E-state index in [1.165, 1.54) is 19.4 Å². The second-order valence-corrected chi connectivity index (χ2v) is 6.31. The van der Waals surface area contributed by atoms with Gasteiger partial charge in [-0.1, -0.05) is 0 Å². The normalized spacial score (nSPS) is 27.6. The molecular weight excluding hydrogens is 266 g/mol. The van der Waals surface area contributed by atoms with Crippen LogP contribution >= 0.6 is 0 Å². The maximum atomic E-state index is 6.40. The SMILES string of the molecule is CC(C)Oc1cncc(C(N)C2CN3CCCC3CO2)c1. The Bertz CT molecular complexity index is 480. The smallest absolute Gasteiger partial charge is 0.138 e. The summed E-state index contributed by atoms with van der Waals surface area (Å²) in [7, 11) is 0. The fourth-order valence-corrected chi connectivity index (χ4v) is 3.23. The molecule has 116 valence electrons. The highest BCUT2D eigenvalue weighted by molar-refractivity contribution is 5.27. The average Bonchev–Trinajstić information content (AvgIpc) is 2.93. The first-order chi connectivity index (χ1) is 10.1. The van der Waals surface area contributed by atoms with Gasteiger partial charge in [0.05, 0.1) is 31.1 Å². The van der Waals surface area contributed by atoms with Gasteiger partial charge in [0.2, 0.25) is 0 Å². The van der Waals surface area contributed by atoms with Crippen molar-refractivity contribution in [1.29, 1.82) is 0 Å². The third-order valence-electron chi connectivity index (χ3n) is 4.31. The maximum absolute atomic E-state index is 6.40. The Morgan fingerprint density at radius 1 is 1.43 bits per heavy atom. The van der Waals surface area contributed by atoms with E-state index in [1.807, 2.05) is 26.1 Å². The van der Waals surface area contributed by atoms with Gasteiger partial charge < -0.3 is 15.2 Å². The Balaban J connectivity index is 1.68. The van der Waals surface area contributed by atoms with Crippen molar-refractivity contribution in [2.24, 2.45) is 5.73 Å². The molecule has 0 aliphatic carbocycles. The number of morpholine rings is 1. The minimum atomic E-state index is -0.158. The molecule has 3 heterocycles. The van der Waals surface area contributed by atoms with Gasteiger partial charge in [-0.05, 0) is 44.9 Å². The van der Waals surface area contributed by atoms with Gasteiger partial charge in [-0.25, -0.2) is 0 Å². The van der Waals surface area contributed by atoms with Gasteiger partial charge >= 0.3 is 0 Å². The molecule has 1 aromatic rings. The highest BCUT2D eigenvalue weighted by Crippen LogP contribution is 2.28. The molecule has 21 heavy (non-hydrogen) atoms. The van der Waals surface area contributed by atoms with Gasteiger partial charge in [0, 0.05) is 18.8 Å². The van der Waals surface area contributed by atoms with Crippen LogP contribution in [0.1, 0.15) is 38.3 Å². The Kier molecular flexibility index (Phi) is 4.42. The topological polar surface area (TPSA) is 60.6 Å². The van der Waals surface area contributed by atoms with Crippen LogP contribution in [0.4, 0.5) is 0 Å². The van der Waals surface area contributed by atoms with E-state index in [9.17, 15) is 0 Å². The molecule has 0 bridgehead atoms. The zero-order valence-corrected chi connectivity index (χ0v) is 12.9. The van der Waals surface area contributed by atoms with Crippen molar-refractivity contribution in [3.63, 3.8) is 0 Å².